The van der Waals surface area contributed by atoms with Crippen molar-refractivity contribution in [1.29, 1.82) is 0 Å². The number of amides is 1. The second kappa shape index (κ2) is 10.1. The van der Waals surface area contributed by atoms with Crippen LogP contribution in [0, 0.1) is 10.1 Å². The summed E-state index contributed by atoms with van der Waals surface area (Å²) in [6, 6.07) is 13.2. The molecular formula is C19H19ClN6O3S. The van der Waals surface area contributed by atoms with Crippen LogP contribution in [0.1, 0.15) is 12.7 Å². The topological polar surface area (TPSA) is 115 Å². The molecule has 3 aromatic rings. The lowest BCUT2D eigenvalue weighted by molar-refractivity contribution is -0.384. The van der Waals surface area contributed by atoms with E-state index in [4.69, 9.17) is 11.6 Å². The summed E-state index contributed by atoms with van der Waals surface area (Å²) in [7, 11) is 0. The quantitative estimate of drug-likeness (QED) is 0.287. The predicted octanol–water partition coefficient (Wildman–Crippen LogP) is 4.20. The molecule has 0 aliphatic rings. The van der Waals surface area contributed by atoms with E-state index in [1.807, 2.05) is 23.6 Å². The molecule has 0 aliphatic heterocycles. The van der Waals surface area contributed by atoms with Gasteiger partial charge in [-0.2, -0.15) is 0 Å². The van der Waals surface area contributed by atoms with Crippen molar-refractivity contribution in [3.63, 3.8) is 0 Å². The maximum absolute atomic E-state index is 12.2. The average Bonchev–Trinajstić information content (AvgIpc) is 3.14. The number of nitrogens with zero attached hydrogens (tertiary/aromatic N) is 4. The second-order valence-electron chi connectivity index (χ2n) is 6.15. The Morgan fingerprint density at radius 1 is 1.20 bits per heavy atom. The molecule has 1 amide bonds. The third-order valence-electron chi connectivity index (χ3n) is 4.08. The van der Waals surface area contributed by atoms with Gasteiger partial charge in [0, 0.05) is 35.1 Å². The molecule has 0 radical (unpaired) electrons. The van der Waals surface area contributed by atoms with E-state index in [0.29, 0.717) is 29.0 Å². The first-order valence-electron chi connectivity index (χ1n) is 9.05. The predicted molar refractivity (Wildman–Crippen MR) is 117 cm³/mol. The smallest absolute Gasteiger partial charge is 0.271 e. The lowest BCUT2D eigenvalue weighted by Crippen LogP contribution is -2.15. The number of hydrogen-bond acceptors (Lipinski definition) is 7. The Morgan fingerprint density at radius 3 is 2.67 bits per heavy atom. The number of carbonyl (C=O) groups is 1. The minimum Gasteiger partial charge on any atom is -0.378 e. The number of hydrogen-bond donors (Lipinski definition) is 2. The number of rotatable bonds is 9. The maximum atomic E-state index is 12.2. The number of halogens is 1. The summed E-state index contributed by atoms with van der Waals surface area (Å²) >= 11 is 7.15. The lowest BCUT2D eigenvalue weighted by Gasteiger charge is -2.09. The number of non-ortho nitro benzene ring substituents is 1. The number of anilines is 2. The molecule has 0 atom stereocenters. The molecule has 3 rings (SSSR count). The molecule has 0 spiro atoms. The van der Waals surface area contributed by atoms with Crippen molar-refractivity contribution in [3.05, 3.63) is 69.5 Å². The Morgan fingerprint density at radius 2 is 1.97 bits per heavy atom. The van der Waals surface area contributed by atoms with Crippen molar-refractivity contribution in [1.82, 2.24) is 14.8 Å². The van der Waals surface area contributed by atoms with Crippen LogP contribution in [-0.4, -0.2) is 31.3 Å². The number of nitro groups is 1. The molecule has 0 saturated carbocycles. The Hall–Kier alpha value is -3.11. The van der Waals surface area contributed by atoms with Gasteiger partial charge in [0.25, 0.3) is 5.69 Å². The maximum Gasteiger partial charge on any atom is 0.271 e. The third-order valence-corrected chi connectivity index (χ3v) is 5.30. The van der Waals surface area contributed by atoms with Gasteiger partial charge in [0.05, 0.1) is 17.2 Å². The van der Waals surface area contributed by atoms with Crippen molar-refractivity contribution in [2.24, 2.45) is 0 Å². The largest absolute Gasteiger partial charge is 0.378 e. The number of thioether (sulfide) groups is 1. The number of aromatic nitrogens is 3. The van der Waals surface area contributed by atoms with Gasteiger partial charge in [-0.3, -0.25) is 14.9 Å². The standard InChI is InChI=1S/C19H19ClN6O3S/c1-2-25-17(11-21-14-8-6-13(20)7-9-14)23-24-19(25)30-12-18(27)22-15-4-3-5-16(10-15)26(28)29/h3-10,21H,2,11-12H2,1H3,(H,22,27). The third kappa shape index (κ3) is 5.71. The first-order chi connectivity index (χ1) is 14.5. The van der Waals surface area contributed by atoms with Gasteiger partial charge in [-0.15, -0.1) is 10.2 Å². The van der Waals surface area contributed by atoms with E-state index in [1.54, 1.807) is 18.2 Å². The molecule has 1 aromatic heterocycles. The molecule has 30 heavy (non-hydrogen) atoms. The summed E-state index contributed by atoms with van der Waals surface area (Å²) < 4.78 is 1.92. The van der Waals surface area contributed by atoms with Crippen molar-refractivity contribution in [2.45, 2.75) is 25.2 Å². The Kier molecular flexibility index (Phi) is 7.26. The van der Waals surface area contributed by atoms with E-state index >= 15 is 0 Å². The summed E-state index contributed by atoms with van der Waals surface area (Å²) in [5.74, 6) is 0.562. The van der Waals surface area contributed by atoms with Crippen LogP contribution in [0.15, 0.2) is 53.7 Å². The fourth-order valence-corrected chi connectivity index (χ4v) is 3.59. The fourth-order valence-electron chi connectivity index (χ4n) is 2.65. The molecular weight excluding hydrogens is 428 g/mol. The second-order valence-corrected chi connectivity index (χ2v) is 7.53. The number of benzene rings is 2. The van der Waals surface area contributed by atoms with E-state index in [9.17, 15) is 14.9 Å². The van der Waals surface area contributed by atoms with Crippen molar-refractivity contribution in [3.8, 4) is 0 Å². The van der Waals surface area contributed by atoms with Gasteiger partial charge >= 0.3 is 0 Å². The van der Waals surface area contributed by atoms with Gasteiger partial charge < -0.3 is 15.2 Å². The van der Waals surface area contributed by atoms with Crippen LogP contribution < -0.4 is 10.6 Å². The van der Waals surface area contributed by atoms with Gasteiger partial charge in [-0.05, 0) is 37.3 Å². The van der Waals surface area contributed by atoms with E-state index < -0.39 is 4.92 Å². The van der Waals surface area contributed by atoms with E-state index in [-0.39, 0.29) is 17.3 Å². The van der Waals surface area contributed by atoms with Gasteiger partial charge in [0.1, 0.15) is 0 Å². The highest BCUT2D eigenvalue weighted by Gasteiger charge is 2.14. The Labute approximate surface area is 182 Å². The van der Waals surface area contributed by atoms with Crippen LogP contribution in [0.2, 0.25) is 5.02 Å². The average molecular weight is 447 g/mol. The van der Waals surface area contributed by atoms with E-state index in [1.165, 1.54) is 30.0 Å². The molecule has 0 aliphatic carbocycles. The van der Waals surface area contributed by atoms with Gasteiger partial charge in [-0.1, -0.05) is 29.4 Å². The first-order valence-corrected chi connectivity index (χ1v) is 10.4. The van der Waals surface area contributed by atoms with Crippen LogP contribution in [-0.2, 0) is 17.9 Å². The lowest BCUT2D eigenvalue weighted by atomic mass is 10.3. The zero-order valence-electron chi connectivity index (χ0n) is 16.0. The minimum atomic E-state index is -0.506. The molecule has 0 fully saturated rings. The molecule has 11 heteroatoms. The minimum absolute atomic E-state index is 0.0796. The normalized spacial score (nSPS) is 10.6. The summed E-state index contributed by atoms with van der Waals surface area (Å²) in [5.41, 5.74) is 1.21. The first kappa shape index (κ1) is 21.6. The van der Waals surface area contributed by atoms with Crippen LogP contribution >= 0.6 is 23.4 Å². The zero-order valence-corrected chi connectivity index (χ0v) is 17.6. The molecule has 0 unspecified atom stereocenters. The number of nitro benzene ring substituents is 1. The molecule has 1 heterocycles. The molecule has 9 nitrogen and oxygen atoms in total. The number of nitrogens with one attached hydrogen (secondary N) is 2. The van der Waals surface area contributed by atoms with E-state index in [2.05, 4.69) is 20.8 Å². The van der Waals surface area contributed by atoms with Gasteiger partial charge in [0.15, 0.2) is 11.0 Å². The van der Waals surface area contributed by atoms with Crippen LogP contribution in [0.5, 0.6) is 0 Å². The summed E-state index contributed by atoms with van der Waals surface area (Å²) in [4.78, 5) is 22.6. The van der Waals surface area contributed by atoms with Crippen LogP contribution in [0.4, 0.5) is 17.1 Å². The van der Waals surface area contributed by atoms with Crippen molar-refractivity contribution >= 4 is 46.3 Å². The SMILES string of the molecule is CCn1c(CNc2ccc(Cl)cc2)nnc1SCC(=O)Nc1cccc([N+](=O)[O-])c1. The highest BCUT2D eigenvalue weighted by Crippen LogP contribution is 2.21. The molecule has 2 aromatic carbocycles. The number of carbonyl (C=O) groups excluding carboxylic acids is 1. The summed E-state index contributed by atoms with van der Waals surface area (Å²) in [5, 5.41) is 26.4. The monoisotopic (exact) mass is 446 g/mol. The summed E-state index contributed by atoms with van der Waals surface area (Å²) in [6.45, 7) is 3.10. The fraction of sp³-hybridized carbons (Fsp3) is 0.211. The molecule has 156 valence electrons. The Bertz CT molecular complexity index is 1040. The molecule has 2 N–H and O–H groups in total. The van der Waals surface area contributed by atoms with Crippen LogP contribution in [0.3, 0.4) is 0 Å². The molecule has 0 saturated heterocycles. The Balaban J connectivity index is 1.57. The molecule has 0 bridgehead atoms. The zero-order chi connectivity index (χ0) is 21.5. The highest BCUT2D eigenvalue weighted by molar-refractivity contribution is 7.99. The van der Waals surface area contributed by atoms with Gasteiger partial charge in [-0.25, -0.2) is 0 Å². The van der Waals surface area contributed by atoms with Gasteiger partial charge in [0.2, 0.25) is 5.91 Å². The highest BCUT2D eigenvalue weighted by atomic mass is 35.5. The van der Waals surface area contributed by atoms with E-state index in [0.717, 1.165) is 11.5 Å². The van der Waals surface area contributed by atoms with Crippen molar-refractivity contribution < 1.29 is 9.72 Å². The summed E-state index contributed by atoms with van der Waals surface area (Å²) in [6.07, 6.45) is 0. The van der Waals surface area contributed by atoms with Crippen LogP contribution in [0.25, 0.3) is 0 Å². The van der Waals surface area contributed by atoms with Crippen molar-refractivity contribution in [2.75, 3.05) is 16.4 Å².